The van der Waals surface area contributed by atoms with Gasteiger partial charge in [0.15, 0.2) is 0 Å². The molecule has 0 aliphatic rings. The van der Waals surface area contributed by atoms with E-state index in [0.29, 0.717) is 25.9 Å². The van der Waals surface area contributed by atoms with Crippen LogP contribution >= 0.6 is 0 Å². The summed E-state index contributed by atoms with van der Waals surface area (Å²) in [4.78, 5) is 24.5. The minimum atomic E-state index is -0.665. The van der Waals surface area contributed by atoms with E-state index in [1.54, 1.807) is 0 Å². The highest BCUT2D eigenvalue weighted by Crippen LogP contribution is 2.18. The van der Waals surface area contributed by atoms with Gasteiger partial charge in [0, 0.05) is 12.8 Å². The van der Waals surface area contributed by atoms with Crippen molar-refractivity contribution in [3.8, 4) is 0 Å². The van der Waals surface area contributed by atoms with Crippen LogP contribution in [0.2, 0.25) is 0 Å². The predicted octanol–water partition coefficient (Wildman–Crippen LogP) is 19.6. The molecule has 0 spiro atoms. The normalized spacial score (nSPS) is 12.6. The minimum Gasteiger partial charge on any atom is -0.466 e. The van der Waals surface area contributed by atoms with Crippen LogP contribution in [0.15, 0.2) is 12.2 Å². The van der Waals surface area contributed by atoms with Crippen molar-refractivity contribution in [2.45, 2.75) is 366 Å². The summed E-state index contributed by atoms with van der Waals surface area (Å²) >= 11 is 0. The fourth-order valence-electron chi connectivity index (χ4n) is 9.99. The van der Waals surface area contributed by atoms with Crippen LogP contribution in [0.3, 0.4) is 0 Å². The summed E-state index contributed by atoms with van der Waals surface area (Å²) in [6.07, 6.45) is 70.9. The van der Waals surface area contributed by atoms with Crippen LogP contribution < -0.4 is 5.32 Å². The number of carbonyl (C=O) groups is 2. The van der Waals surface area contributed by atoms with Gasteiger partial charge in [0.1, 0.15) is 0 Å². The molecule has 2 atom stereocenters. The van der Waals surface area contributed by atoms with Crippen molar-refractivity contribution in [3.05, 3.63) is 12.2 Å². The number of aliphatic hydroxyl groups is 2. The predicted molar refractivity (Wildman–Crippen MR) is 301 cm³/mol. The SMILES string of the molecule is CCCCCCCCCCCCCCCCCCCCCC(=O)OCCCCCCCCCCCCCC/C=C\CCCCCCCCCC(=O)NC(CO)C(O)CCCCCCCCCCCC. The molecule has 2 unspecified atom stereocenters. The number of unbranched alkanes of at least 4 members (excludes halogenated alkanes) is 46. The summed E-state index contributed by atoms with van der Waals surface area (Å²) in [5, 5.41) is 23.1. The largest absolute Gasteiger partial charge is 0.466 e. The molecule has 0 fully saturated rings. The highest BCUT2D eigenvalue weighted by molar-refractivity contribution is 5.76. The first kappa shape index (κ1) is 67.6. The molecular weight excluding hydrogens is 851 g/mol. The van der Waals surface area contributed by atoms with Crippen LogP contribution in [0.25, 0.3) is 0 Å². The first-order valence-corrected chi connectivity index (χ1v) is 31.4. The third-order valence-corrected chi connectivity index (χ3v) is 14.8. The average molecular weight is 975 g/mol. The van der Waals surface area contributed by atoms with Crippen LogP contribution in [0, 0.1) is 0 Å². The highest BCUT2D eigenvalue weighted by atomic mass is 16.5. The Kier molecular flexibility index (Phi) is 58.0. The molecule has 1 amide bonds. The lowest BCUT2D eigenvalue weighted by Crippen LogP contribution is -2.45. The Bertz CT molecular complexity index is 1030. The number of hydrogen-bond acceptors (Lipinski definition) is 5. The molecule has 0 bridgehead atoms. The summed E-state index contributed by atoms with van der Waals surface area (Å²) < 4.78 is 5.50. The quantitative estimate of drug-likeness (QED) is 0.0321. The first-order valence-electron chi connectivity index (χ1n) is 31.4. The lowest BCUT2D eigenvalue weighted by molar-refractivity contribution is -0.143. The second-order valence-corrected chi connectivity index (χ2v) is 21.7. The van der Waals surface area contributed by atoms with Crippen molar-refractivity contribution in [1.29, 1.82) is 0 Å². The Morgan fingerprint density at radius 1 is 0.391 bits per heavy atom. The number of allylic oxidation sites excluding steroid dienone is 2. The number of esters is 1. The molecule has 0 aromatic rings. The van der Waals surface area contributed by atoms with E-state index >= 15 is 0 Å². The van der Waals surface area contributed by atoms with E-state index in [4.69, 9.17) is 4.74 Å². The topological polar surface area (TPSA) is 95.9 Å². The fourth-order valence-corrected chi connectivity index (χ4v) is 9.99. The second-order valence-electron chi connectivity index (χ2n) is 21.7. The maximum Gasteiger partial charge on any atom is 0.305 e. The lowest BCUT2D eigenvalue weighted by Gasteiger charge is -2.22. The summed E-state index contributed by atoms with van der Waals surface area (Å²) in [7, 11) is 0. The van der Waals surface area contributed by atoms with Gasteiger partial charge in [0.05, 0.1) is 25.4 Å². The molecule has 0 aliphatic carbocycles. The lowest BCUT2D eigenvalue weighted by atomic mass is 10.0. The van der Waals surface area contributed by atoms with E-state index in [0.717, 1.165) is 38.5 Å². The summed E-state index contributed by atoms with van der Waals surface area (Å²) in [5.74, 6) is -0.0247. The molecule has 0 saturated heterocycles. The van der Waals surface area contributed by atoms with Crippen molar-refractivity contribution >= 4 is 11.9 Å². The van der Waals surface area contributed by atoms with Gasteiger partial charge in [-0.2, -0.15) is 0 Å². The molecule has 0 heterocycles. The molecule has 0 rings (SSSR count). The van der Waals surface area contributed by atoms with Crippen LogP contribution in [0.1, 0.15) is 354 Å². The van der Waals surface area contributed by atoms with E-state index in [1.807, 2.05) is 0 Å². The number of rotatable bonds is 59. The molecule has 0 aromatic heterocycles. The van der Waals surface area contributed by atoms with Gasteiger partial charge in [-0.1, -0.05) is 302 Å². The molecule has 0 aromatic carbocycles. The van der Waals surface area contributed by atoms with Crippen molar-refractivity contribution in [2.75, 3.05) is 13.2 Å². The third kappa shape index (κ3) is 55.8. The van der Waals surface area contributed by atoms with Crippen LogP contribution in [-0.4, -0.2) is 47.4 Å². The van der Waals surface area contributed by atoms with Gasteiger partial charge in [-0.05, 0) is 51.4 Å². The molecule has 0 aliphatic heterocycles. The number of nitrogens with one attached hydrogen (secondary N) is 1. The second kappa shape index (κ2) is 59.2. The van der Waals surface area contributed by atoms with Crippen LogP contribution in [0.5, 0.6) is 0 Å². The Balaban J connectivity index is 3.35. The van der Waals surface area contributed by atoms with Gasteiger partial charge < -0.3 is 20.3 Å². The molecule has 69 heavy (non-hydrogen) atoms. The van der Waals surface area contributed by atoms with E-state index in [9.17, 15) is 19.8 Å². The number of ether oxygens (including phenoxy) is 1. The van der Waals surface area contributed by atoms with Crippen molar-refractivity contribution in [3.63, 3.8) is 0 Å². The standard InChI is InChI=1S/C63H123NO5/c1-3-5-7-9-11-13-15-16-17-18-24-28-31-34-37-41-45-49-53-57-63(68)69-58-54-50-46-42-38-35-32-29-26-23-21-19-20-22-25-27-30-33-36-40-44-48-52-56-62(67)64-60(59-65)61(66)55-51-47-43-39-14-12-10-8-6-4-2/h22,25,60-61,65-66H,3-21,23-24,26-59H2,1-2H3,(H,64,67)/b25-22-. The Labute approximate surface area is 431 Å². The third-order valence-electron chi connectivity index (χ3n) is 14.8. The van der Waals surface area contributed by atoms with Gasteiger partial charge >= 0.3 is 5.97 Å². The van der Waals surface area contributed by atoms with Gasteiger partial charge in [-0.25, -0.2) is 0 Å². The van der Waals surface area contributed by atoms with Crippen molar-refractivity contribution < 1.29 is 24.5 Å². The maximum atomic E-state index is 12.4. The minimum absolute atomic E-state index is 0.0168. The fraction of sp³-hybridized carbons (Fsp3) is 0.937. The number of hydrogen-bond donors (Lipinski definition) is 3. The van der Waals surface area contributed by atoms with E-state index in [2.05, 4.69) is 31.3 Å². The monoisotopic (exact) mass is 974 g/mol. The highest BCUT2D eigenvalue weighted by Gasteiger charge is 2.20. The van der Waals surface area contributed by atoms with Crippen molar-refractivity contribution in [1.82, 2.24) is 5.32 Å². The molecule has 6 nitrogen and oxygen atoms in total. The van der Waals surface area contributed by atoms with Gasteiger partial charge in [-0.15, -0.1) is 0 Å². The number of amides is 1. The van der Waals surface area contributed by atoms with Crippen LogP contribution in [-0.2, 0) is 14.3 Å². The smallest absolute Gasteiger partial charge is 0.305 e. The number of carbonyl (C=O) groups excluding carboxylic acids is 2. The van der Waals surface area contributed by atoms with Crippen LogP contribution in [0.4, 0.5) is 0 Å². The Morgan fingerprint density at radius 2 is 0.681 bits per heavy atom. The molecule has 6 heteroatoms. The summed E-state index contributed by atoms with van der Waals surface area (Å²) in [5.41, 5.74) is 0. The Hall–Kier alpha value is -1.40. The molecule has 410 valence electrons. The molecular formula is C63H123NO5. The van der Waals surface area contributed by atoms with E-state index in [-0.39, 0.29) is 18.5 Å². The molecule has 0 saturated carbocycles. The van der Waals surface area contributed by atoms with Gasteiger partial charge in [0.25, 0.3) is 0 Å². The molecule has 0 radical (unpaired) electrons. The number of aliphatic hydroxyl groups excluding tert-OH is 2. The zero-order chi connectivity index (χ0) is 50.0. The summed E-state index contributed by atoms with van der Waals surface area (Å²) in [6, 6.07) is -0.543. The van der Waals surface area contributed by atoms with Crippen molar-refractivity contribution in [2.24, 2.45) is 0 Å². The zero-order valence-electron chi connectivity index (χ0n) is 46.8. The maximum absolute atomic E-state index is 12.4. The first-order chi connectivity index (χ1) is 34.0. The van der Waals surface area contributed by atoms with Gasteiger partial charge in [-0.3, -0.25) is 9.59 Å². The van der Waals surface area contributed by atoms with E-state index < -0.39 is 12.1 Å². The Morgan fingerprint density at radius 3 is 1.03 bits per heavy atom. The van der Waals surface area contributed by atoms with Gasteiger partial charge in [0.2, 0.25) is 5.91 Å². The summed E-state index contributed by atoms with van der Waals surface area (Å²) in [6.45, 7) is 4.96. The zero-order valence-corrected chi connectivity index (χ0v) is 46.8. The van der Waals surface area contributed by atoms with E-state index in [1.165, 1.54) is 283 Å². The molecule has 3 N–H and O–H groups in total. The average Bonchev–Trinajstić information content (AvgIpc) is 3.35.